The number of sulfonamides is 1. The lowest BCUT2D eigenvalue weighted by Crippen LogP contribution is -2.45. The van der Waals surface area contributed by atoms with Gasteiger partial charge < -0.3 is 4.90 Å². The Balaban J connectivity index is 2.04. The fourth-order valence-corrected chi connectivity index (χ4v) is 3.71. The van der Waals surface area contributed by atoms with Crippen molar-refractivity contribution < 1.29 is 13.2 Å². The van der Waals surface area contributed by atoms with Gasteiger partial charge in [-0.15, -0.1) is 0 Å². The molecule has 0 radical (unpaired) electrons. The third-order valence-corrected chi connectivity index (χ3v) is 5.64. The Kier molecular flexibility index (Phi) is 5.00. The minimum atomic E-state index is -3.60. The van der Waals surface area contributed by atoms with Gasteiger partial charge in [0, 0.05) is 20.1 Å². The molecule has 0 N–H and O–H groups in total. The first kappa shape index (κ1) is 16.0. The van der Waals surface area contributed by atoms with Crippen LogP contribution < -0.4 is 0 Å². The maximum atomic E-state index is 12.4. The number of hydrogen-bond donors (Lipinski definition) is 0. The van der Waals surface area contributed by atoms with Crippen molar-refractivity contribution in [1.29, 1.82) is 0 Å². The Labute approximate surface area is 126 Å². The minimum Gasteiger partial charge on any atom is -0.341 e. The molecule has 1 aliphatic heterocycles. The highest BCUT2D eigenvalue weighted by Gasteiger charge is 2.26. The first-order chi connectivity index (χ1) is 9.91. The summed E-state index contributed by atoms with van der Waals surface area (Å²) in [6.07, 6.45) is 2.12. The monoisotopic (exact) mass is 310 g/mol. The number of carbonyl (C=O) groups excluding carboxylic acids is 1. The smallest absolute Gasteiger partial charge is 0.243 e. The largest absolute Gasteiger partial charge is 0.341 e. The lowest BCUT2D eigenvalue weighted by Gasteiger charge is -2.32. The van der Waals surface area contributed by atoms with Gasteiger partial charge in [-0.1, -0.05) is 25.1 Å². The molecule has 1 heterocycles. The van der Waals surface area contributed by atoms with Gasteiger partial charge in [0.25, 0.3) is 0 Å². The number of piperidine rings is 1. The molecule has 6 heteroatoms. The number of rotatable bonds is 4. The molecule has 2 rings (SSSR count). The van der Waals surface area contributed by atoms with Crippen LogP contribution in [0.4, 0.5) is 0 Å². The molecule has 21 heavy (non-hydrogen) atoms. The van der Waals surface area contributed by atoms with Gasteiger partial charge in [0.1, 0.15) is 0 Å². The second-order valence-electron chi connectivity index (χ2n) is 5.66. The van der Waals surface area contributed by atoms with Gasteiger partial charge in [-0.05, 0) is 30.9 Å². The van der Waals surface area contributed by atoms with E-state index in [1.807, 2.05) is 0 Å². The van der Waals surface area contributed by atoms with Crippen LogP contribution in [0, 0.1) is 5.92 Å². The third-order valence-electron chi connectivity index (χ3n) is 3.82. The van der Waals surface area contributed by atoms with Crippen molar-refractivity contribution >= 4 is 15.9 Å². The number of likely N-dealkylation sites (tertiary alicyclic amines) is 1. The molecule has 0 spiro atoms. The fourth-order valence-electron chi connectivity index (χ4n) is 2.56. The lowest BCUT2D eigenvalue weighted by atomic mass is 10.0. The molecule has 5 nitrogen and oxygen atoms in total. The van der Waals surface area contributed by atoms with Crippen molar-refractivity contribution in [2.75, 3.05) is 26.7 Å². The second-order valence-corrected chi connectivity index (χ2v) is 7.71. The molecule has 0 aliphatic carbocycles. The van der Waals surface area contributed by atoms with Crippen LogP contribution in [-0.4, -0.2) is 50.2 Å². The maximum Gasteiger partial charge on any atom is 0.243 e. The van der Waals surface area contributed by atoms with Crippen LogP contribution in [0.25, 0.3) is 0 Å². The number of carbonyl (C=O) groups is 1. The first-order valence-corrected chi connectivity index (χ1v) is 8.64. The Bertz CT molecular complexity index is 586. The van der Waals surface area contributed by atoms with Gasteiger partial charge in [-0.25, -0.2) is 8.42 Å². The Hall–Kier alpha value is -1.40. The Morgan fingerprint density at radius 3 is 2.62 bits per heavy atom. The summed E-state index contributed by atoms with van der Waals surface area (Å²) in [5.74, 6) is 0.363. The molecule has 0 saturated carbocycles. The number of amides is 1. The van der Waals surface area contributed by atoms with Gasteiger partial charge >= 0.3 is 0 Å². The quantitative estimate of drug-likeness (QED) is 0.848. The summed E-state index contributed by atoms with van der Waals surface area (Å²) in [5, 5.41) is 0. The van der Waals surface area contributed by atoms with E-state index in [1.54, 1.807) is 35.2 Å². The van der Waals surface area contributed by atoms with Crippen LogP contribution >= 0.6 is 0 Å². The van der Waals surface area contributed by atoms with Crippen LogP contribution in [0.5, 0.6) is 0 Å². The van der Waals surface area contributed by atoms with Crippen LogP contribution in [0.3, 0.4) is 0 Å². The molecule has 1 aromatic carbocycles. The maximum absolute atomic E-state index is 12.4. The van der Waals surface area contributed by atoms with Gasteiger partial charge in [-0.2, -0.15) is 4.31 Å². The average molecular weight is 310 g/mol. The third kappa shape index (κ3) is 3.83. The Morgan fingerprint density at radius 2 is 2.00 bits per heavy atom. The highest BCUT2D eigenvalue weighted by Crippen LogP contribution is 2.17. The van der Waals surface area contributed by atoms with Crippen molar-refractivity contribution in [3.05, 3.63) is 30.3 Å². The summed E-state index contributed by atoms with van der Waals surface area (Å²) < 4.78 is 25.9. The standard InChI is InChI=1S/C15H22N2O3S/c1-13-7-6-10-17(11-13)15(18)12-16(2)21(19,20)14-8-4-3-5-9-14/h3-5,8-9,13H,6-7,10-12H2,1-2H3. The van der Waals surface area contributed by atoms with E-state index in [1.165, 1.54) is 7.05 Å². The van der Waals surface area contributed by atoms with Gasteiger partial charge in [0.15, 0.2) is 0 Å². The molecule has 1 saturated heterocycles. The topological polar surface area (TPSA) is 57.7 Å². The predicted molar refractivity (Wildman–Crippen MR) is 81.2 cm³/mol. The molecule has 0 bridgehead atoms. The average Bonchev–Trinajstić information content (AvgIpc) is 2.48. The molecule has 1 aliphatic rings. The molecule has 1 atom stereocenters. The summed E-state index contributed by atoms with van der Waals surface area (Å²) in [6, 6.07) is 8.20. The SMILES string of the molecule is CC1CCCN(C(=O)CN(C)S(=O)(=O)c2ccccc2)C1. The number of likely N-dealkylation sites (N-methyl/N-ethyl adjacent to an activating group) is 1. The highest BCUT2D eigenvalue weighted by atomic mass is 32.2. The van der Waals surface area contributed by atoms with Crippen molar-refractivity contribution in [3.63, 3.8) is 0 Å². The van der Waals surface area contributed by atoms with E-state index in [4.69, 9.17) is 0 Å². The molecule has 1 amide bonds. The van der Waals surface area contributed by atoms with Crippen LogP contribution in [0.1, 0.15) is 19.8 Å². The van der Waals surface area contributed by atoms with E-state index in [2.05, 4.69) is 6.92 Å². The zero-order chi connectivity index (χ0) is 15.5. The molecule has 1 unspecified atom stereocenters. The van der Waals surface area contributed by atoms with Crippen LogP contribution in [-0.2, 0) is 14.8 Å². The first-order valence-electron chi connectivity index (χ1n) is 7.20. The molecular weight excluding hydrogens is 288 g/mol. The van der Waals surface area contributed by atoms with Crippen LogP contribution in [0.2, 0.25) is 0 Å². The molecule has 1 fully saturated rings. The van der Waals surface area contributed by atoms with Crippen molar-refractivity contribution in [3.8, 4) is 0 Å². The van der Waals surface area contributed by atoms with Crippen molar-refractivity contribution in [1.82, 2.24) is 9.21 Å². The van der Waals surface area contributed by atoms with E-state index in [0.717, 1.165) is 30.2 Å². The second kappa shape index (κ2) is 6.58. The fraction of sp³-hybridized carbons (Fsp3) is 0.533. The summed E-state index contributed by atoms with van der Waals surface area (Å²) in [6.45, 7) is 3.45. The van der Waals surface area contributed by atoms with Gasteiger partial charge in [0.2, 0.25) is 15.9 Å². The Morgan fingerprint density at radius 1 is 1.33 bits per heavy atom. The number of nitrogens with zero attached hydrogens (tertiary/aromatic N) is 2. The minimum absolute atomic E-state index is 0.107. The van der Waals surface area contributed by atoms with E-state index >= 15 is 0 Å². The summed E-state index contributed by atoms with van der Waals surface area (Å²) in [4.78, 5) is 14.2. The van der Waals surface area contributed by atoms with Crippen molar-refractivity contribution in [2.45, 2.75) is 24.7 Å². The van der Waals surface area contributed by atoms with E-state index in [-0.39, 0.29) is 17.3 Å². The predicted octanol–water partition coefficient (Wildman–Crippen LogP) is 1.57. The van der Waals surface area contributed by atoms with E-state index < -0.39 is 10.0 Å². The molecule has 116 valence electrons. The zero-order valence-corrected chi connectivity index (χ0v) is 13.3. The normalized spacial score (nSPS) is 19.8. The molecular formula is C15H22N2O3S. The number of hydrogen-bond acceptors (Lipinski definition) is 3. The highest BCUT2D eigenvalue weighted by molar-refractivity contribution is 7.89. The van der Waals surface area contributed by atoms with E-state index in [0.29, 0.717) is 5.92 Å². The van der Waals surface area contributed by atoms with Crippen LogP contribution in [0.15, 0.2) is 35.2 Å². The van der Waals surface area contributed by atoms with Crippen molar-refractivity contribution in [2.24, 2.45) is 5.92 Å². The summed E-state index contributed by atoms with van der Waals surface area (Å²) >= 11 is 0. The molecule has 1 aromatic rings. The van der Waals surface area contributed by atoms with Gasteiger partial charge in [-0.3, -0.25) is 4.79 Å². The number of benzene rings is 1. The van der Waals surface area contributed by atoms with Gasteiger partial charge in [0.05, 0.1) is 11.4 Å². The zero-order valence-electron chi connectivity index (χ0n) is 12.5. The van der Waals surface area contributed by atoms with E-state index in [9.17, 15) is 13.2 Å². The lowest BCUT2D eigenvalue weighted by molar-refractivity contribution is -0.132. The molecule has 0 aromatic heterocycles. The summed E-state index contributed by atoms with van der Waals surface area (Å²) in [5.41, 5.74) is 0. The summed E-state index contributed by atoms with van der Waals surface area (Å²) in [7, 11) is -2.15.